The highest BCUT2D eigenvalue weighted by Gasteiger charge is 2.32. The summed E-state index contributed by atoms with van der Waals surface area (Å²) in [4.78, 5) is 0. The van der Waals surface area contributed by atoms with Gasteiger partial charge in [0.05, 0.1) is 10.4 Å². The maximum absolute atomic E-state index is 6.10. The second-order valence-electron chi connectivity index (χ2n) is 6.65. The van der Waals surface area contributed by atoms with Crippen molar-refractivity contribution < 1.29 is 9.47 Å². The molecule has 2 unspecified atom stereocenters. The van der Waals surface area contributed by atoms with Crippen molar-refractivity contribution in [1.29, 1.82) is 0 Å². The molecule has 2 atom stereocenters. The SMILES string of the molecule is [SiH3]C1(c2ccc(C3([SiH3])CCCCO3)cc2)CCCCO1. The van der Waals surface area contributed by atoms with Gasteiger partial charge >= 0.3 is 0 Å². The van der Waals surface area contributed by atoms with Crippen LogP contribution in [0.3, 0.4) is 0 Å². The molecule has 0 radical (unpaired) electrons. The lowest BCUT2D eigenvalue weighted by Gasteiger charge is -2.37. The molecule has 2 saturated heterocycles. The van der Waals surface area contributed by atoms with Crippen LogP contribution >= 0.6 is 0 Å². The zero-order chi connectivity index (χ0) is 14.1. The predicted octanol–water partition coefficient (Wildman–Crippen LogP) is 1.12. The Hall–Kier alpha value is -0.426. The zero-order valence-electron chi connectivity index (χ0n) is 12.8. The molecule has 2 fully saturated rings. The third-order valence-corrected chi connectivity index (χ3v) is 7.78. The highest BCUT2D eigenvalue weighted by atomic mass is 28.1. The minimum atomic E-state index is 0.0581. The van der Waals surface area contributed by atoms with Crippen molar-refractivity contribution in [3.05, 3.63) is 35.4 Å². The summed E-state index contributed by atoms with van der Waals surface area (Å²) in [6, 6.07) is 9.19. The van der Waals surface area contributed by atoms with Crippen molar-refractivity contribution in [1.82, 2.24) is 0 Å². The molecule has 2 aliphatic heterocycles. The van der Waals surface area contributed by atoms with Crippen LogP contribution in [-0.2, 0) is 19.9 Å². The summed E-state index contributed by atoms with van der Waals surface area (Å²) >= 11 is 0. The molecular weight excluding hydrogens is 280 g/mol. The van der Waals surface area contributed by atoms with Crippen LogP contribution in [0.4, 0.5) is 0 Å². The summed E-state index contributed by atoms with van der Waals surface area (Å²) in [6.07, 6.45) is 7.44. The highest BCUT2D eigenvalue weighted by Crippen LogP contribution is 2.35. The van der Waals surface area contributed by atoms with E-state index in [1.54, 1.807) is 0 Å². The third kappa shape index (κ3) is 2.79. The van der Waals surface area contributed by atoms with Crippen LogP contribution < -0.4 is 0 Å². The van der Waals surface area contributed by atoms with Crippen LogP contribution in [0.15, 0.2) is 24.3 Å². The van der Waals surface area contributed by atoms with E-state index in [0.29, 0.717) is 0 Å². The average Bonchev–Trinajstić information content (AvgIpc) is 2.49. The van der Waals surface area contributed by atoms with Crippen molar-refractivity contribution in [2.75, 3.05) is 13.2 Å². The number of ether oxygens (including phenoxy) is 2. The molecule has 2 heterocycles. The van der Waals surface area contributed by atoms with Gasteiger partial charge in [-0.05, 0) is 49.7 Å². The van der Waals surface area contributed by atoms with Gasteiger partial charge < -0.3 is 9.47 Å². The van der Waals surface area contributed by atoms with E-state index in [1.165, 1.54) is 49.7 Å². The molecule has 0 spiro atoms. The van der Waals surface area contributed by atoms with E-state index in [4.69, 9.17) is 9.47 Å². The Morgan fingerprint density at radius 3 is 1.40 bits per heavy atom. The molecular formula is C16H26O2Si2. The molecule has 3 rings (SSSR count). The first kappa shape index (κ1) is 14.5. The number of hydrogen-bond acceptors (Lipinski definition) is 2. The molecule has 2 aliphatic rings. The number of hydrogen-bond donors (Lipinski definition) is 0. The summed E-state index contributed by atoms with van der Waals surface area (Å²) in [6.45, 7) is 1.86. The van der Waals surface area contributed by atoms with Gasteiger partial charge in [-0.3, -0.25) is 0 Å². The molecule has 0 aliphatic carbocycles. The molecule has 0 aromatic heterocycles. The summed E-state index contributed by atoms with van der Waals surface area (Å²) in [5.74, 6) is 0. The predicted molar refractivity (Wildman–Crippen MR) is 89.3 cm³/mol. The van der Waals surface area contributed by atoms with Gasteiger partial charge in [0.2, 0.25) is 0 Å². The van der Waals surface area contributed by atoms with Crippen LogP contribution in [-0.4, -0.2) is 33.7 Å². The first-order chi connectivity index (χ1) is 9.62. The van der Waals surface area contributed by atoms with Gasteiger partial charge in [-0.1, -0.05) is 24.3 Å². The monoisotopic (exact) mass is 306 g/mol. The van der Waals surface area contributed by atoms with Crippen LogP contribution in [0.2, 0.25) is 0 Å². The van der Waals surface area contributed by atoms with Gasteiger partial charge in [-0.15, -0.1) is 0 Å². The first-order valence-corrected chi connectivity index (χ1v) is 10.0. The Labute approximate surface area is 128 Å². The lowest BCUT2D eigenvalue weighted by molar-refractivity contribution is -0.0233. The largest absolute Gasteiger partial charge is 0.375 e. The molecule has 2 nitrogen and oxygen atoms in total. The minimum Gasteiger partial charge on any atom is -0.375 e. The van der Waals surface area contributed by atoms with Gasteiger partial charge in [0.1, 0.15) is 0 Å². The fourth-order valence-electron chi connectivity index (χ4n) is 3.50. The van der Waals surface area contributed by atoms with Crippen molar-refractivity contribution in [3.8, 4) is 0 Å². The van der Waals surface area contributed by atoms with E-state index >= 15 is 0 Å². The molecule has 110 valence electrons. The van der Waals surface area contributed by atoms with Gasteiger partial charge in [-0.25, -0.2) is 0 Å². The fraction of sp³-hybridized carbons (Fsp3) is 0.625. The van der Waals surface area contributed by atoms with E-state index in [-0.39, 0.29) is 10.4 Å². The lowest BCUT2D eigenvalue weighted by atomic mass is 9.95. The summed E-state index contributed by atoms with van der Waals surface area (Å²) in [5, 5.41) is 0.116. The van der Waals surface area contributed by atoms with Gasteiger partial charge in [0.15, 0.2) is 0 Å². The Morgan fingerprint density at radius 2 is 1.10 bits per heavy atom. The normalized spacial score (nSPS) is 35.2. The van der Waals surface area contributed by atoms with Gasteiger partial charge in [-0.2, -0.15) is 0 Å². The van der Waals surface area contributed by atoms with Crippen LogP contribution in [0.25, 0.3) is 0 Å². The Balaban J connectivity index is 1.80. The van der Waals surface area contributed by atoms with Gasteiger partial charge in [0.25, 0.3) is 0 Å². The standard InChI is InChI=1S/C16H26O2Si2/c19-15(9-1-3-11-17-15)13-5-7-14(8-6-13)16(20)10-2-4-12-18-16/h5-8H,1-4,9-12H2,19-20H3. The Kier molecular flexibility index (Phi) is 4.17. The quantitative estimate of drug-likeness (QED) is 0.763. The minimum absolute atomic E-state index is 0.0581. The van der Waals surface area contributed by atoms with Crippen molar-refractivity contribution in [2.24, 2.45) is 0 Å². The molecule has 0 N–H and O–H groups in total. The molecule has 1 aromatic rings. The first-order valence-electron chi connectivity index (χ1n) is 8.01. The molecule has 0 bridgehead atoms. The number of rotatable bonds is 2. The highest BCUT2D eigenvalue weighted by molar-refractivity contribution is 6.15. The van der Waals surface area contributed by atoms with E-state index in [2.05, 4.69) is 24.3 Å². The maximum atomic E-state index is 6.10. The second kappa shape index (κ2) is 5.75. The Bertz CT molecular complexity index is 403. The van der Waals surface area contributed by atoms with Crippen LogP contribution in [0.5, 0.6) is 0 Å². The zero-order valence-corrected chi connectivity index (χ0v) is 16.8. The fourth-order valence-corrected chi connectivity index (χ4v) is 5.28. The summed E-state index contributed by atoms with van der Waals surface area (Å²) in [5.41, 5.74) is 2.77. The van der Waals surface area contributed by atoms with Crippen molar-refractivity contribution >= 4 is 20.5 Å². The summed E-state index contributed by atoms with van der Waals surface area (Å²) in [7, 11) is 2.15. The average molecular weight is 307 g/mol. The smallest absolute Gasteiger partial charge is 0.0723 e. The van der Waals surface area contributed by atoms with E-state index in [9.17, 15) is 0 Å². The van der Waals surface area contributed by atoms with E-state index < -0.39 is 0 Å². The third-order valence-electron chi connectivity index (χ3n) is 5.04. The van der Waals surface area contributed by atoms with Gasteiger partial charge in [0, 0.05) is 33.7 Å². The van der Waals surface area contributed by atoms with E-state index in [1.807, 2.05) is 0 Å². The lowest BCUT2D eigenvalue weighted by Crippen LogP contribution is -2.35. The Morgan fingerprint density at radius 1 is 0.700 bits per heavy atom. The molecule has 4 heteroatoms. The van der Waals surface area contributed by atoms with Crippen LogP contribution in [0, 0.1) is 0 Å². The summed E-state index contributed by atoms with van der Waals surface area (Å²) < 4.78 is 12.2. The van der Waals surface area contributed by atoms with Crippen molar-refractivity contribution in [3.63, 3.8) is 0 Å². The molecule has 1 aromatic carbocycles. The van der Waals surface area contributed by atoms with Crippen molar-refractivity contribution in [2.45, 2.75) is 49.0 Å². The molecule has 0 amide bonds. The number of benzene rings is 1. The second-order valence-corrected chi connectivity index (χ2v) is 9.88. The van der Waals surface area contributed by atoms with Crippen LogP contribution in [0.1, 0.15) is 49.7 Å². The topological polar surface area (TPSA) is 18.5 Å². The molecule has 0 saturated carbocycles. The molecule has 20 heavy (non-hydrogen) atoms. The maximum Gasteiger partial charge on any atom is 0.0723 e. The van der Waals surface area contributed by atoms with E-state index in [0.717, 1.165) is 33.7 Å².